The molecule has 0 amide bonds. The van der Waals surface area contributed by atoms with Gasteiger partial charge in [-0.05, 0) is 67.0 Å². The van der Waals surface area contributed by atoms with Crippen molar-refractivity contribution in [1.29, 1.82) is 0 Å². The number of nitrogens with zero attached hydrogens (tertiary/aromatic N) is 4. The first-order chi connectivity index (χ1) is 15.1. The minimum Gasteiger partial charge on any atom is -0.382 e. The predicted molar refractivity (Wildman–Crippen MR) is 132 cm³/mol. The lowest BCUT2D eigenvalue weighted by atomic mass is 10.1. The number of Topliss-reactive ketones (excluding diaryl/α,β-unsaturated/α-hetero) is 1. The Labute approximate surface area is 204 Å². The zero-order valence-electron chi connectivity index (χ0n) is 17.6. The number of benzene rings is 1. The summed E-state index contributed by atoms with van der Waals surface area (Å²) >= 11 is 3.68. The number of aromatic nitrogens is 4. The smallest absolute Gasteiger partial charge is 0.211 e. The van der Waals surface area contributed by atoms with Gasteiger partial charge in [-0.1, -0.05) is 11.8 Å². The van der Waals surface area contributed by atoms with E-state index in [-0.39, 0.29) is 23.4 Å². The average molecular weight is 586 g/mol. The number of anilines is 1. The molecule has 170 valence electrons. The van der Waals surface area contributed by atoms with Crippen molar-refractivity contribution in [3.8, 4) is 0 Å². The Bertz CT molecular complexity index is 1310. The topological polar surface area (TPSA) is 133 Å². The van der Waals surface area contributed by atoms with Crippen molar-refractivity contribution in [1.82, 2.24) is 24.2 Å². The molecule has 0 fully saturated rings. The molecular weight excluding hydrogens is 563 g/mol. The number of hydrogen-bond acceptors (Lipinski definition) is 8. The molecule has 0 spiro atoms. The van der Waals surface area contributed by atoms with Crippen LogP contribution in [0.5, 0.6) is 0 Å². The van der Waals surface area contributed by atoms with Gasteiger partial charge >= 0.3 is 0 Å². The lowest BCUT2D eigenvalue weighted by molar-refractivity contribution is 0.0994. The normalized spacial score (nSPS) is 13.9. The molecule has 12 heteroatoms. The van der Waals surface area contributed by atoms with E-state index in [4.69, 9.17) is 5.73 Å². The summed E-state index contributed by atoms with van der Waals surface area (Å²) in [5.74, 6) is 0.411. The van der Waals surface area contributed by atoms with Crippen LogP contribution in [-0.2, 0) is 23.0 Å². The van der Waals surface area contributed by atoms with Crippen LogP contribution < -0.4 is 10.5 Å². The molecule has 0 aliphatic heterocycles. The van der Waals surface area contributed by atoms with E-state index in [1.165, 1.54) is 18.1 Å². The number of nitrogen functional groups attached to an aromatic ring is 1. The first kappa shape index (κ1) is 23.4. The summed E-state index contributed by atoms with van der Waals surface area (Å²) in [6.07, 6.45) is 3.08. The van der Waals surface area contributed by atoms with Crippen molar-refractivity contribution >= 4 is 67.1 Å². The van der Waals surface area contributed by atoms with Gasteiger partial charge in [-0.25, -0.2) is 28.1 Å². The second-order valence-corrected chi connectivity index (χ2v) is 11.9. The molecule has 9 nitrogen and oxygen atoms in total. The lowest BCUT2D eigenvalue weighted by Gasteiger charge is -2.12. The SMILES string of the molecule is CC(C)NS(=O)(=O)CCCn1c(Sc2cc3c(cc2I)CCC3=O)nc2c(N)ncnc21. The summed E-state index contributed by atoms with van der Waals surface area (Å²) in [6, 6.07) is 3.82. The Hall–Kier alpha value is -1.77. The van der Waals surface area contributed by atoms with Gasteiger partial charge in [0.25, 0.3) is 0 Å². The van der Waals surface area contributed by atoms with Gasteiger partial charge in [0.15, 0.2) is 27.9 Å². The third-order valence-corrected chi connectivity index (χ3v) is 8.98. The highest BCUT2D eigenvalue weighted by Gasteiger charge is 2.23. The number of ketones is 1. The number of sulfonamides is 1. The Morgan fingerprint density at radius 3 is 2.81 bits per heavy atom. The highest BCUT2D eigenvalue weighted by molar-refractivity contribution is 14.1. The molecule has 1 aliphatic carbocycles. The van der Waals surface area contributed by atoms with Crippen LogP contribution in [0, 0.1) is 3.57 Å². The van der Waals surface area contributed by atoms with E-state index in [2.05, 4.69) is 48.3 Å². The molecule has 2 aromatic heterocycles. The summed E-state index contributed by atoms with van der Waals surface area (Å²) in [6.45, 7) is 3.98. The number of imidazole rings is 1. The summed E-state index contributed by atoms with van der Waals surface area (Å²) in [5.41, 5.74) is 8.90. The Balaban J connectivity index is 1.66. The minimum absolute atomic E-state index is 0.0135. The molecule has 1 aromatic carbocycles. The van der Waals surface area contributed by atoms with Crippen molar-refractivity contribution in [2.75, 3.05) is 11.5 Å². The van der Waals surface area contributed by atoms with Gasteiger partial charge in [0.1, 0.15) is 6.33 Å². The Morgan fingerprint density at radius 2 is 2.06 bits per heavy atom. The second-order valence-electron chi connectivity index (χ2n) is 7.89. The molecule has 0 radical (unpaired) electrons. The largest absolute Gasteiger partial charge is 0.382 e. The zero-order valence-corrected chi connectivity index (χ0v) is 21.4. The number of nitrogens with one attached hydrogen (secondary N) is 1. The molecule has 0 atom stereocenters. The minimum atomic E-state index is -3.37. The molecule has 0 unspecified atom stereocenters. The van der Waals surface area contributed by atoms with E-state index in [1.807, 2.05) is 10.6 Å². The van der Waals surface area contributed by atoms with E-state index in [0.29, 0.717) is 35.7 Å². The molecule has 2 heterocycles. The molecule has 0 saturated heterocycles. The average Bonchev–Trinajstić information content (AvgIpc) is 3.23. The molecule has 0 saturated carbocycles. The summed E-state index contributed by atoms with van der Waals surface area (Å²) < 4.78 is 30.0. The Morgan fingerprint density at radius 1 is 1.28 bits per heavy atom. The lowest BCUT2D eigenvalue weighted by Crippen LogP contribution is -2.32. The number of aryl methyl sites for hydroxylation is 2. The van der Waals surface area contributed by atoms with Crippen LogP contribution in [0.2, 0.25) is 0 Å². The fourth-order valence-electron chi connectivity index (χ4n) is 3.66. The van der Waals surface area contributed by atoms with Gasteiger partial charge in [0, 0.05) is 33.0 Å². The van der Waals surface area contributed by atoms with E-state index in [9.17, 15) is 13.2 Å². The third-order valence-electron chi connectivity index (χ3n) is 5.02. The second kappa shape index (κ2) is 9.23. The van der Waals surface area contributed by atoms with Crippen LogP contribution in [0.4, 0.5) is 5.82 Å². The van der Waals surface area contributed by atoms with E-state index in [1.54, 1.807) is 13.8 Å². The predicted octanol–water partition coefficient (Wildman–Crippen LogP) is 3.01. The van der Waals surface area contributed by atoms with Crippen molar-refractivity contribution in [2.24, 2.45) is 0 Å². The van der Waals surface area contributed by atoms with Gasteiger partial charge in [-0.3, -0.25) is 4.79 Å². The number of hydrogen-bond donors (Lipinski definition) is 2. The molecule has 32 heavy (non-hydrogen) atoms. The zero-order chi connectivity index (χ0) is 23.0. The molecule has 0 bridgehead atoms. The molecule has 4 rings (SSSR count). The number of halogens is 1. The van der Waals surface area contributed by atoms with Gasteiger partial charge in [0.2, 0.25) is 10.0 Å². The number of fused-ring (bicyclic) bond motifs is 2. The van der Waals surface area contributed by atoms with Crippen molar-refractivity contribution in [3.05, 3.63) is 33.2 Å². The van der Waals surface area contributed by atoms with Crippen LogP contribution in [0.25, 0.3) is 11.2 Å². The maximum absolute atomic E-state index is 12.2. The third kappa shape index (κ3) is 4.92. The number of rotatable bonds is 8. The first-order valence-electron chi connectivity index (χ1n) is 10.1. The maximum Gasteiger partial charge on any atom is 0.211 e. The fraction of sp³-hybridized carbons (Fsp3) is 0.400. The standard InChI is InChI=1S/C20H23IN6O3S2/c1-11(2)26-32(29,30)7-3-6-27-19-17(18(22)23-10-24-19)25-20(27)31-16-9-13-12(8-14(16)21)4-5-15(13)28/h8-11,26H,3-7H2,1-2H3,(H2,22,23,24). The number of nitrogens with two attached hydrogens (primary N) is 1. The van der Waals surface area contributed by atoms with Gasteiger partial charge < -0.3 is 10.3 Å². The molecule has 3 N–H and O–H groups in total. The highest BCUT2D eigenvalue weighted by atomic mass is 127. The van der Waals surface area contributed by atoms with E-state index in [0.717, 1.165) is 26.0 Å². The Kier molecular flexibility index (Phi) is 6.75. The number of carbonyl (C=O) groups is 1. The van der Waals surface area contributed by atoms with Crippen LogP contribution in [0.1, 0.15) is 42.6 Å². The van der Waals surface area contributed by atoms with Crippen molar-refractivity contribution in [2.45, 2.75) is 55.7 Å². The van der Waals surface area contributed by atoms with Crippen molar-refractivity contribution in [3.63, 3.8) is 0 Å². The molecular formula is C20H23IN6O3S2. The summed E-state index contributed by atoms with van der Waals surface area (Å²) in [7, 11) is -3.37. The van der Waals surface area contributed by atoms with Crippen LogP contribution in [-0.4, -0.2) is 45.5 Å². The van der Waals surface area contributed by atoms with Crippen LogP contribution >= 0.6 is 34.4 Å². The quantitative estimate of drug-likeness (QED) is 0.385. The summed E-state index contributed by atoms with van der Waals surface area (Å²) in [5, 5.41) is 0.629. The van der Waals surface area contributed by atoms with Gasteiger partial charge in [-0.2, -0.15) is 0 Å². The van der Waals surface area contributed by atoms with Gasteiger partial charge in [0.05, 0.1) is 5.75 Å². The molecule has 1 aliphatic rings. The van der Waals surface area contributed by atoms with E-state index >= 15 is 0 Å². The monoisotopic (exact) mass is 586 g/mol. The van der Waals surface area contributed by atoms with Crippen LogP contribution in [0.3, 0.4) is 0 Å². The molecule has 3 aromatic rings. The van der Waals surface area contributed by atoms with Crippen LogP contribution in [0.15, 0.2) is 28.5 Å². The van der Waals surface area contributed by atoms with Crippen molar-refractivity contribution < 1.29 is 13.2 Å². The summed E-state index contributed by atoms with van der Waals surface area (Å²) in [4.78, 5) is 26.1. The maximum atomic E-state index is 12.2. The van der Waals surface area contributed by atoms with Gasteiger partial charge in [-0.15, -0.1) is 0 Å². The fourth-order valence-corrected chi connectivity index (χ4v) is 6.83. The number of carbonyl (C=O) groups excluding carboxylic acids is 1. The first-order valence-corrected chi connectivity index (χ1v) is 13.7. The highest BCUT2D eigenvalue weighted by Crippen LogP contribution is 2.37. The van der Waals surface area contributed by atoms with E-state index < -0.39 is 10.0 Å².